The summed E-state index contributed by atoms with van der Waals surface area (Å²) in [5.74, 6) is 0.304. The van der Waals surface area contributed by atoms with E-state index in [4.69, 9.17) is 4.74 Å². The third-order valence-electron chi connectivity index (χ3n) is 5.41. The Labute approximate surface area is 197 Å². The summed E-state index contributed by atoms with van der Waals surface area (Å²) >= 11 is 2.26. The molecule has 3 aromatic rings. The number of carbonyl (C=O) groups is 1. The molecule has 1 fully saturated rings. The highest BCUT2D eigenvalue weighted by Crippen LogP contribution is 2.40. The average molecular weight is 553 g/mol. The molecule has 3 heterocycles. The monoisotopic (exact) mass is 553 g/mol. The SMILES string of the molecule is CNC(=O)[C@H]1O[C@@H](n2cnc3c(NCc4cccc(I)c4)nc(NC)nc32)[C@](C)(O)[C@@H]1O. The maximum Gasteiger partial charge on any atom is 0.251 e. The van der Waals surface area contributed by atoms with E-state index < -0.39 is 29.9 Å². The van der Waals surface area contributed by atoms with Crippen molar-refractivity contribution in [2.24, 2.45) is 0 Å². The van der Waals surface area contributed by atoms with Gasteiger partial charge < -0.3 is 30.9 Å². The third-order valence-corrected chi connectivity index (χ3v) is 6.08. The van der Waals surface area contributed by atoms with Gasteiger partial charge in [0.05, 0.1) is 6.33 Å². The van der Waals surface area contributed by atoms with Crippen LogP contribution in [-0.2, 0) is 16.1 Å². The van der Waals surface area contributed by atoms with Crippen molar-refractivity contribution >= 4 is 51.4 Å². The van der Waals surface area contributed by atoms with Gasteiger partial charge in [-0.25, -0.2) is 4.98 Å². The highest BCUT2D eigenvalue weighted by atomic mass is 127. The van der Waals surface area contributed by atoms with Gasteiger partial charge in [0.1, 0.15) is 11.7 Å². The normalized spacial score (nSPS) is 25.1. The largest absolute Gasteiger partial charge is 0.387 e. The molecule has 0 bridgehead atoms. The van der Waals surface area contributed by atoms with Crippen molar-refractivity contribution in [1.29, 1.82) is 0 Å². The number of amides is 1. The van der Waals surface area contributed by atoms with E-state index in [1.165, 1.54) is 24.9 Å². The van der Waals surface area contributed by atoms with E-state index in [1.807, 2.05) is 18.2 Å². The van der Waals surface area contributed by atoms with Crippen LogP contribution in [0.3, 0.4) is 0 Å². The number of imidazole rings is 1. The van der Waals surface area contributed by atoms with Gasteiger partial charge in [-0.15, -0.1) is 0 Å². The van der Waals surface area contributed by atoms with Gasteiger partial charge >= 0.3 is 0 Å². The van der Waals surface area contributed by atoms with Crippen molar-refractivity contribution in [2.75, 3.05) is 24.7 Å². The highest BCUT2D eigenvalue weighted by Gasteiger charge is 2.55. The highest BCUT2D eigenvalue weighted by molar-refractivity contribution is 14.1. The van der Waals surface area contributed by atoms with Crippen LogP contribution in [0.25, 0.3) is 11.2 Å². The van der Waals surface area contributed by atoms with Crippen LogP contribution in [0, 0.1) is 3.57 Å². The second-order valence-electron chi connectivity index (χ2n) is 7.65. The lowest BCUT2D eigenvalue weighted by Gasteiger charge is -2.27. The molecule has 1 saturated heterocycles. The summed E-state index contributed by atoms with van der Waals surface area (Å²) in [6.45, 7) is 1.93. The van der Waals surface area contributed by atoms with E-state index in [2.05, 4.69) is 59.6 Å². The summed E-state index contributed by atoms with van der Waals surface area (Å²) in [4.78, 5) is 25.5. The number of nitrogens with zero attached hydrogens (tertiary/aromatic N) is 4. The summed E-state index contributed by atoms with van der Waals surface area (Å²) in [6, 6.07) is 8.07. The average Bonchev–Trinajstić information content (AvgIpc) is 3.29. The third kappa shape index (κ3) is 3.98. The number of benzene rings is 1. The lowest BCUT2D eigenvalue weighted by atomic mass is 9.96. The first kappa shape index (κ1) is 22.6. The predicted molar refractivity (Wildman–Crippen MR) is 126 cm³/mol. The molecule has 32 heavy (non-hydrogen) atoms. The molecule has 2 aromatic heterocycles. The number of halogens is 1. The van der Waals surface area contributed by atoms with E-state index in [1.54, 1.807) is 7.05 Å². The number of aromatic nitrogens is 4. The first-order chi connectivity index (χ1) is 15.3. The Balaban J connectivity index is 1.71. The Morgan fingerprint density at radius 1 is 1.34 bits per heavy atom. The number of rotatable bonds is 6. The Morgan fingerprint density at radius 3 is 2.81 bits per heavy atom. The molecule has 5 N–H and O–H groups in total. The molecule has 0 aliphatic carbocycles. The fourth-order valence-corrected chi connectivity index (χ4v) is 4.26. The first-order valence-electron chi connectivity index (χ1n) is 9.94. The zero-order valence-corrected chi connectivity index (χ0v) is 19.9. The Morgan fingerprint density at radius 2 is 2.12 bits per heavy atom. The number of nitrogens with one attached hydrogen (secondary N) is 3. The first-order valence-corrected chi connectivity index (χ1v) is 11.0. The second kappa shape index (κ2) is 8.77. The molecular formula is C20H24IN7O4. The zero-order valence-electron chi connectivity index (χ0n) is 17.7. The lowest BCUT2D eigenvalue weighted by molar-refractivity contribution is -0.137. The van der Waals surface area contributed by atoms with Crippen LogP contribution >= 0.6 is 22.6 Å². The van der Waals surface area contributed by atoms with Gasteiger partial charge in [0.2, 0.25) is 5.95 Å². The van der Waals surface area contributed by atoms with Crippen LogP contribution in [0.1, 0.15) is 18.7 Å². The molecule has 170 valence electrons. The van der Waals surface area contributed by atoms with Crippen molar-refractivity contribution in [1.82, 2.24) is 24.8 Å². The molecule has 4 atom stereocenters. The summed E-state index contributed by atoms with van der Waals surface area (Å²) in [7, 11) is 3.13. The number of likely N-dealkylation sites (N-methyl/N-ethyl adjacent to an activating group) is 1. The fourth-order valence-electron chi connectivity index (χ4n) is 3.65. The van der Waals surface area contributed by atoms with Crippen LogP contribution in [-0.4, -0.2) is 67.5 Å². The van der Waals surface area contributed by atoms with Crippen LogP contribution in [0.15, 0.2) is 30.6 Å². The van der Waals surface area contributed by atoms with Crippen LogP contribution < -0.4 is 16.0 Å². The fraction of sp³-hybridized carbons (Fsp3) is 0.400. The van der Waals surface area contributed by atoms with Gasteiger partial charge in [-0.05, 0) is 47.2 Å². The topological polar surface area (TPSA) is 146 Å². The lowest BCUT2D eigenvalue weighted by Crippen LogP contribution is -2.47. The molecule has 0 saturated carbocycles. The van der Waals surface area contributed by atoms with Gasteiger partial charge in [0.25, 0.3) is 5.91 Å². The standard InChI is InChI=1S/C20H24IN7O4/c1-20(31)14(29)13(17(30)22-2)32-18(20)28-9-25-12-15(26-19(23-3)27-16(12)28)24-8-10-5-4-6-11(21)7-10/h4-7,9,13-14,18,29,31H,8H2,1-3H3,(H,22,30)(H2,23,24,26,27)/t13-,14+,18+,20+/m0/s1. The van der Waals surface area contributed by atoms with Crippen molar-refractivity contribution in [3.63, 3.8) is 0 Å². The van der Waals surface area contributed by atoms with Crippen molar-refractivity contribution in [3.05, 3.63) is 39.7 Å². The predicted octanol–water partition coefficient (Wildman–Crippen LogP) is 0.840. The van der Waals surface area contributed by atoms with Gasteiger partial charge in [0, 0.05) is 24.2 Å². The van der Waals surface area contributed by atoms with Crippen LogP contribution in [0.5, 0.6) is 0 Å². The molecule has 1 amide bonds. The van der Waals surface area contributed by atoms with E-state index in [9.17, 15) is 15.0 Å². The minimum Gasteiger partial charge on any atom is -0.387 e. The Hall–Kier alpha value is -2.55. The van der Waals surface area contributed by atoms with E-state index in [0.29, 0.717) is 29.5 Å². The van der Waals surface area contributed by atoms with Crippen LogP contribution in [0.2, 0.25) is 0 Å². The molecule has 0 spiro atoms. The number of aliphatic hydroxyl groups is 2. The number of aliphatic hydroxyl groups excluding tert-OH is 1. The minimum absolute atomic E-state index is 0.338. The van der Waals surface area contributed by atoms with Gasteiger partial charge in [0.15, 0.2) is 29.3 Å². The molecular weight excluding hydrogens is 529 g/mol. The molecule has 11 nitrogen and oxygen atoms in total. The number of hydrogen-bond acceptors (Lipinski definition) is 9. The molecule has 12 heteroatoms. The van der Waals surface area contributed by atoms with Crippen molar-refractivity contribution < 1.29 is 19.7 Å². The van der Waals surface area contributed by atoms with Crippen molar-refractivity contribution in [2.45, 2.75) is 37.5 Å². The number of hydrogen-bond donors (Lipinski definition) is 5. The maximum absolute atomic E-state index is 12.1. The maximum atomic E-state index is 12.1. The smallest absolute Gasteiger partial charge is 0.251 e. The van der Waals surface area contributed by atoms with Crippen LogP contribution in [0.4, 0.5) is 11.8 Å². The van der Waals surface area contributed by atoms with Gasteiger partial charge in [-0.1, -0.05) is 12.1 Å². The number of anilines is 2. The van der Waals surface area contributed by atoms with Crippen molar-refractivity contribution in [3.8, 4) is 0 Å². The summed E-state index contributed by atoms with van der Waals surface area (Å²) in [6.07, 6.45) is -2.31. The summed E-state index contributed by atoms with van der Waals surface area (Å²) in [5, 5.41) is 30.1. The molecule has 0 radical (unpaired) electrons. The molecule has 4 rings (SSSR count). The molecule has 1 aliphatic rings. The number of ether oxygens (including phenoxy) is 1. The van der Waals surface area contributed by atoms with E-state index in [0.717, 1.165) is 9.13 Å². The summed E-state index contributed by atoms with van der Waals surface area (Å²) in [5.41, 5.74) is 0.160. The van der Waals surface area contributed by atoms with Gasteiger partial charge in [-0.3, -0.25) is 9.36 Å². The number of carbonyl (C=O) groups excluding carboxylic acids is 1. The summed E-state index contributed by atoms with van der Waals surface area (Å²) < 4.78 is 8.38. The quantitative estimate of drug-likeness (QED) is 0.280. The Bertz CT molecular complexity index is 1150. The molecule has 1 aromatic carbocycles. The zero-order chi connectivity index (χ0) is 23.0. The number of fused-ring (bicyclic) bond motifs is 1. The second-order valence-corrected chi connectivity index (χ2v) is 8.89. The molecule has 0 unspecified atom stereocenters. The van der Waals surface area contributed by atoms with E-state index in [-0.39, 0.29) is 0 Å². The minimum atomic E-state index is -1.76. The Kier molecular flexibility index (Phi) is 6.20. The van der Waals surface area contributed by atoms with E-state index >= 15 is 0 Å². The van der Waals surface area contributed by atoms with Gasteiger partial charge in [-0.2, -0.15) is 9.97 Å². The molecule has 1 aliphatic heterocycles.